The maximum atomic E-state index is 13.5. The molecular weight excluding hydrogens is 745 g/mol. The fourth-order valence-electron chi connectivity index (χ4n) is 7.77. The highest BCUT2D eigenvalue weighted by Gasteiger charge is 2.38. The van der Waals surface area contributed by atoms with Crippen LogP contribution in [0.3, 0.4) is 0 Å². The van der Waals surface area contributed by atoms with Crippen molar-refractivity contribution in [2.75, 3.05) is 0 Å². The number of aromatic nitrogens is 4. The van der Waals surface area contributed by atoms with E-state index in [4.69, 9.17) is 9.97 Å². The van der Waals surface area contributed by atoms with E-state index in [1.165, 1.54) is 5.56 Å². The Bertz CT molecular complexity index is 2190. The molecule has 0 radical (unpaired) electrons. The van der Waals surface area contributed by atoms with E-state index in [0.717, 1.165) is 74.6 Å². The van der Waals surface area contributed by atoms with Crippen LogP contribution < -0.4 is 10.6 Å². The van der Waals surface area contributed by atoms with E-state index in [1.807, 2.05) is 12.1 Å². The molecule has 0 aliphatic heterocycles. The first-order valence-electron chi connectivity index (χ1n) is 20.9. The second kappa shape index (κ2) is 18.0. The molecule has 4 N–H and O–H groups in total. The molecule has 3 aliphatic rings. The third-order valence-electron chi connectivity index (χ3n) is 10.7. The minimum atomic E-state index is -2.67. The van der Waals surface area contributed by atoms with Gasteiger partial charge in [-0.25, -0.2) is 27.5 Å². The van der Waals surface area contributed by atoms with Gasteiger partial charge >= 0.3 is 0 Å². The van der Waals surface area contributed by atoms with Gasteiger partial charge in [-0.1, -0.05) is 77.9 Å². The van der Waals surface area contributed by atoms with E-state index in [9.17, 15) is 27.2 Å². The molecule has 3 aromatic carbocycles. The molecule has 58 heavy (non-hydrogen) atoms. The van der Waals surface area contributed by atoms with E-state index in [1.54, 1.807) is 0 Å². The second-order valence-corrected chi connectivity index (χ2v) is 17.6. The summed E-state index contributed by atoms with van der Waals surface area (Å²) in [7, 11) is 0. The molecule has 8 nitrogen and oxygen atoms in total. The van der Waals surface area contributed by atoms with Crippen LogP contribution in [0.25, 0.3) is 44.2 Å². The van der Waals surface area contributed by atoms with Crippen molar-refractivity contribution >= 4 is 33.6 Å². The van der Waals surface area contributed by atoms with E-state index >= 15 is 0 Å². The van der Waals surface area contributed by atoms with Crippen LogP contribution in [0.5, 0.6) is 0 Å². The average molecular weight is 803 g/mol. The van der Waals surface area contributed by atoms with Gasteiger partial charge in [0, 0.05) is 54.2 Å². The van der Waals surface area contributed by atoms with Gasteiger partial charge in [0.2, 0.25) is 23.7 Å². The molecule has 0 bridgehead atoms. The summed E-state index contributed by atoms with van der Waals surface area (Å²) in [6, 6.07) is 16.7. The highest BCUT2D eigenvalue weighted by Crippen LogP contribution is 2.39. The lowest BCUT2D eigenvalue weighted by Gasteiger charge is -2.27. The molecule has 2 amide bonds. The number of nitrogens with one attached hydrogen (secondary N) is 4. The number of aromatic amines is 2. The number of amides is 2. The lowest BCUT2D eigenvalue weighted by atomic mass is 9.86. The van der Waals surface area contributed by atoms with Crippen molar-refractivity contribution in [3.63, 3.8) is 0 Å². The van der Waals surface area contributed by atoms with E-state index in [2.05, 4.69) is 98.5 Å². The largest absolute Gasteiger partial charge is 0.349 e. The number of benzene rings is 3. The standard InChI is InChI=1S/C38H38F4N6O2.2C4H10/c39-37(40)13-9-21(10-14-37)35(49)43-19-31-45-29-7-3-25-17-23(1-5-27(25)33(29)47-31)24-2-6-28-26(18-24)4-8-30-34(28)48-32(46-30)20-44-36(50)22-11-15-38(41,42)16-12-22;2*1-4(2)3/h1-3,5-7,17-18,21-22H,4,8-16,19-20H2,(H,43,49)(H,44,50)(H,45,47)(H,46,48);2*4H,1-3H3. The van der Waals surface area contributed by atoms with Crippen molar-refractivity contribution in [3.05, 3.63) is 71.4 Å². The van der Waals surface area contributed by atoms with Gasteiger partial charge in [-0.3, -0.25) is 9.59 Å². The van der Waals surface area contributed by atoms with Crippen LogP contribution >= 0.6 is 0 Å². The molecule has 0 unspecified atom stereocenters. The van der Waals surface area contributed by atoms with Gasteiger partial charge in [0.15, 0.2) is 0 Å². The van der Waals surface area contributed by atoms with Crippen LogP contribution in [-0.4, -0.2) is 43.6 Å². The second-order valence-electron chi connectivity index (χ2n) is 17.6. The number of hydrogen-bond acceptors (Lipinski definition) is 4. The zero-order valence-electron chi connectivity index (χ0n) is 34.6. The molecule has 0 saturated heterocycles. The Morgan fingerprint density at radius 3 is 1.78 bits per heavy atom. The number of hydrogen-bond donors (Lipinski definition) is 4. The van der Waals surface area contributed by atoms with Crippen LogP contribution in [0.1, 0.15) is 116 Å². The Balaban J connectivity index is 0.000000651. The van der Waals surface area contributed by atoms with E-state index in [0.29, 0.717) is 11.6 Å². The van der Waals surface area contributed by atoms with Crippen LogP contribution in [0, 0.1) is 23.7 Å². The summed E-state index contributed by atoms with van der Waals surface area (Å²) in [6.45, 7) is 13.4. The summed E-state index contributed by atoms with van der Waals surface area (Å²) in [5, 5.41) is 7.77. The van der Waals surface area contributed by atoms with Crippen LogP contribution in [0.2, 0.25) is 0 Å². The summed E-state index contributed by atoms with van der Waals surface area (Å²) in [5.41, 5.74) is 7.96. The monoisotopic (exact) mass is 802 g/mol. The highest BCUT2D eigenvalue weighted by molar-refractivity contribution is 6.05. The molecule has 5 aromatic rings. The van der Waals surface area contributed by atoms with Gasteiger partial charge < -0.3 is 20.6 Å². The fraction of sp³-hybridized carbons (Fsp3) is 0.522. The predicted octanol–water partition coefficient (Wildman–Crippen LogP) is 11.1. The zero-order valence-corrected chi connectivity index (χ0v) is 34.6. The van der Waals surface area contributed by atoms with Gasteiger partial charge in [0.05, 0.1) is 29.8 Å². The zero-order chi connectivity index (χ0) is 41.8. The number of aryl methyl sites for hydroxylation is 2. The third kappa shape index (κ3) is 10.8. The Morgan fingerprint density at radius 2 is 1.21 bits per heavy atom. The minimum Gasteiger partial charge on any atom is -0.349 e. The number of fused-ring (bicyclic) bond motifs is 6. The lowest BCUT2D eigenvalue weighted by Crippen LogP contribution is -2.35. The van der Waals surface area contributed by atoms with Crippen molar-refractivity contribution in [2.45, 2.75) is 131 Å². The number of H-pyrrole nitrogens is 2. The maximum Gasteiger partial charge on any atom is 0.248 e. The number of nitrogens with zero attached hydrogens (tertiary/aromatic N) is 2. The summed E-state index contributed by atoms with van der Waals surface area (Å²) >= 11 is 0. The normalized spacial score (nSPS) is 17.5. The van der Waals surface area contributed by atoms with Crippen molar-refractivity contribution < 1.29 is 27.2 Å². The SMILES string of the molecule is CC(C)C.CC(C)C.O=C(NCc1nc2c([nH]1)CCc1cc(-c3ccc4c(ccc5[nH]c(CNC(=O)C6CCC(F)(F)CC6)nc54)c3)ccc1-2)C1CCC(F)(F)CC1. The molecule has 8 rings (SSSR count). The van der Waals surface area contributed by atoms with Crippen molar-refractivity contribution in [2.24, 2.45) is 23.7 Å². The molecule has 2 saturated carbocycles. The fourth-order valence-corrected chi connectivity index (χ4v) is 7.77. The lowest BCUT2D eigenvalue weighted by molar-refractivity contribution is -0.130. The Morgan fingerprint density at radius 1 is 0.690 bits per heavy atom. The van der Waals surface area contributed by atoms with Crippen molar-refractivity contribution in [1.29, 1.82) is 0 Å². The Labute approximate surface area is 338 Å². The first-order chi connectivity index (χ1) is 27.5. The number of carbonyl (C=O) groups excluding carboxylic acids is 2. The topological polar surface area (TPSA) is 116 Å². The average Bonchev–Trinajstić information content (AvgIpc) is 3.79. The molecular formula is C46H58F4N6O2. The Hall–Kier alpha value is -4.74. The van der Waals surface area contributed by atoms with Gasteiger partial charge in [-0.2, -0.15) is 0 Å². The molecule has 2 fully saturated rings. The quantitative estimate of drug-likeness (QED) is 0.123. The van der Waals surface area contributed by atoms with Gasteiger partial charge in [-0.15, -0.1) is 0 Å². The van der Waals surface area contributed by atoms with Crippen molar-refractivity contribution in [1.82, 2.24) is 30.6 Å². The predicted molar refractivity (Wildman–Crippen MR) is 223 cm³/mol. The molecule has 2 aromatic heterocycles. The number of halogens is 4. The van der Waals surface area contributed by atoms with Crippen molar-refractivity contribution in [3.8, 4) is 22.4 Å². The van der Waals surface area contributed by atoms with Crippen LogP contribution in [-0.2, 0) is 35.5 Å². The molecule has 12 heteroatoms. The van der Waals surface area contributed by atoms with Gasteiger partial charge in [0.25, 0.3) is 0 Å². The van der Waals surface area contributed by atoms with E-state index in [-0.39, 0.29) is 82.2 Å². The van der Waals surface area contributed by atoms with Gasteiger partial charge in [-0.05, 0) is 84.6 Å². The van der Waals surface area contributed by atoms with Crippen LogP contribution in [0.4, 0.5) is 17.6 Å². The molecule has 0 spiro atoms. The summed E-state index contributed by atoms with van der Waals surface area (Å²) in [6.07, 6.45) is 1.44. The Kier molecular flexibility index (Phi) is 13.3. The maximum absolute atomic E-state index is 13.5. The molecule has 312 valence electrons. The smallest absolute Gasteiger partial charge is 0.248 e. The first kappa shape index (κ1) is 42.9. The van der Waals surface area contributed by atoms with Crippen LogP contribution in [0.15, 0.2) is 48.5 Å². The summed E-state index contributed by atoms with van der Waals surface area (Å²) in [4.78, 5) is 41.5. The molecule has 2 heterocycles. The van der Waals surface area contributed by atoms with Gasteiger partial charge in [0.1, 0.15) is 11.6 Å². The molecule has 3 aliphatic carbocycles. The summed E-state index contributed by atoms with van der Waals surface area (Å²) in [5.74, 6) is -3.58. The number of carbonyl (C=O) groups is 2. The van der Waals surface area contributed by atoms with E-state index < -0.39 is 17.8 Å². The minimum absolute atomic E-state index is 0.193. The summed E-state index contributed by atoms with van der Waals surface area (Å²) < 4.78 is 54.0. The first-order valence-corrected chi connectivity index (χ1v) is 20.9. The number of rotatable bonds is 7. The number of imidazole rings is 2. The number of alkyl halides is 4. The molecule has 0 atom stereocenters. The third-order valence-corrected chi connectivity index (χ3v) is 10.7. The highest BCUT2D eigenvalue weighted by atomic mass is 19.3.